The summed E-state index contributed by atoms with van der Waals surface area (Å²) >= 11 is 1.57. The number of carbonyl (C=O) groups is 2. The van der Waals surface area contributed by atoms with Crippen LogP contribution in [0.25, 0.3) is 0 Å². The second-order valence-electron chi connectivity index (χ2n) is 7.92. The number of halogens is 3. The molecule has 1 unspecified atom stereocenters. The van der Waals surface area contributed by atoms with E-state index in [4.69, 9.17) is 4.74 Å². The van der Waals surface area contributed by atoms with E-state index in [2.05, 4.69) is 5.32 Å². The predicted octanol–water partition coefficient (Wildman–Crippen LogP) is 4.26. The van der Waals surface area contributed by atoms with Gasteiger partial charge in [0.2, 0.25) is 11.8 Å². The molecule has 2 aromatic rings. The SMILES string of the molecule is CSc1ccc(N2CC(C(=O)Nc3ccc(N4CCOCC4)cc3C(F)(F)F)CC2=O)cc1. The lowest BCUT2D eigenvalue weighted by Gasteiger charge is -2.29. The maximum absolute atomic E-state index is 13.8. The van der Waals surface area contributed by atoms with Crippen LogP contribution < -0.4 is 15.1 Å². The highest BCUT2D eigenvalue weighted by atomic mass is 32.2. The fraction of sp³-hybridized carbons (Fsp3) is 0.391. The Morgan fingerprint density at radius 2 is 1.76 bits per heavy atom. The molecule has 2 aliphatic rings. The number of ether oxygens (including phenoxy) is 1. The number of alkyl halides is 3. The van der Waals surface area contributed by atoms with Crippen LogP contribution in [-0.2, 0) is 20.5 Å². The Hall–Kier alpha value is -2.72. The van der Waals surface area contributed by atoms with Crippen molar-refractivity contribution >= 4 is 40.6 Å². The molecule has 0 bridgehead atoms. The summed E-state index contributed by atoms with van der Waals surface area (Å²) < 4.78 is 46.6. The average molecular weight is 480 g/mol. The Morgan fingerprint density at radius 1 is 1.09 bits per heavy atom. The molecule has 0 saturated carbocycles. The zero-order valence-corrected chi connectivity index (χ0v) is 18.8. The Balaban J connectivity index is 1.49. The molecule has 2 aromatic carbocycles. The van der Waals surface area contributed by atoms with Crippen molar-refractivity contribution in [1.29, 1.82) is 0 Å². The van der Waals surface area contributed by atoms with Gasteiger partial charge in [-0.1, -0.05) is 0 Å². The number of morpholine rings is 1. The Kier molecular flexibility index (Phi) is 6.85. The number of anilines is 3. The van der Waals surface area contributed by atoms with Crippen LogP contribution in [0.1, 0.15) is 12.0 Å². The molecule has 1 N–H and O–H groups in total. The van der Waals surface area contributed by atoms with Gasteiger partial charge >= 0.3 is 6.18 Å². The molecule has 10 heteroatoms. The molecule has 2 saturated heterocycles. The van der Waals surface area contributed by atoms with Crippen molar-refractivity contribution in [3.63, 3.8) is 0 Å². The third-order valence-electron chi connectivity index (χ3n) is 5.82. The molecular formula is C23H24F3N3O3S. The molecule has 2 fully saturated rings. The van der Waals surface area contributed by atoms with E-state index in [1.54, 1.807) is 30.0 Å². The van der Waals surface area contributed by atoms with E-state index in [-0.39, 0.29) is 24.6 Å². The first kappa shape index (κ1) is 23.4. The zero-order chi connectivity index (χ0) is 23.6. The van der Waals surface area contributed by atoms with E-state index in [9.17, 15) is 22.8 Å². The Bertz CT molecular complexity index is 1020. The number of carbonyl (C=O) groups excluding carboxylic acids is 2. The molecule has 1 atom stereocenters. The minimum atomic E-state index is -4.64. The number of hydrogen-bond acceptors (Lipinski definition) is 5. The highest BCUT2D eigenvalue weighted by Gasteiger charge is 2.38. The first-order chi connectivity index (χ1) is 15.8. The summed E-state index contributed by atoms with van der Waals surface area (Å²) in [6, 6.07) is 11.3. The molecule has 0 aromatic heterocycles. The summed E-state index contributed by atoms with van der Waals surface area (Å²) in [6.45, 7) is 2.02. The summed E-state index contributed by atoms with van der Waals surface area (Å²) in [5, 5.41) is 2.42. The van der Waals surface area contributed by atoms with Crippen LogP contribution in [0.2, 0.25) is 0 Å². The van der Waals surface area contributed by atoms with Crippen molar-refractivity contribution in [2.75, 3.05) is 54.2 Å². The minimum absolute atomic E-state index is 0.0523. The number of nitrogens with one attached hydrogen (secondary N) is 1. The van der Waals surface area contributed by atoms with Gasteiger partial charge in [0.1, 0.15) is 0 Å². The van der Waals surface area contributed by atoms with Gasteiger partial charge < -0.3 is 19.9 Å². The van der Waals surface area contributed by atoms with E-state index in [1.165, 1.54) is 11.0 Å². The highest BCUT2D eigenvalue weighted by Crippen LogP contribution is 2.38. The number of rotatable bonds is 5. The Labute approximate surface area is 194 Å². The molecule has 0 spiro atoms. The molecular weight excluding hydrogens is 455 g/mol. The van der Waals surface area contributed by atoms with E-state index in [1.807, 2.05) is 23.3 Å². The van der Waals surface area contributed by atoms with Gasteiger partial charge in [-0.2, -0.15) is 13.2 Å². The van der Waals surface area contributed by atoms with Gasteiger partial charge in [-0.15, -0.1) is 11.8 Å². The highest BCUT2D eigenvalue weighted by molar-refractivity contribution is 7.98. The van der Waals surface area contributed by atoms with Crippen molar-refractivity contribution in [1.82, 2.24) is 0 Å². The first-order valence-electron chi connectivity index (χ1n) is 10.6. The number of amides is 2. The quantitative estimate of drug-likeness (QED) is 0.650. The lowest BCUT2D eigenvalue weighted by molar-refractivity contribution is -0.137. The van der Waals surface area contributed by atoms with Crippen LogP contribution in [0.5, 0.6) is 0 Å². The topological polar surface area (TPSA) is 61.9 Å². The van der Waals surface area contributed by atoms with Crippen molar-refractivity contribution in [2.24, 2.45) is 5.92 Å². The van der Waals surface area contributed by atoms with E-state index < -0.39 is 23.6 Å². The second-order valence-corrected chi connectivity index (χ2v) is 8.80. The molecule has 33 heavy (non-hydrogen) atoms. The summed E-state index contributed by atoms with van der Waals surface area (Å²) in [5.74, 6) is -1.57. The Morgan fingerprint density at radius 3 is 2.39 bits per heavy atom. The lowest BCUT2D eigenvalue weighted by atomic mass is 10.1. The summed E-state index contributed by atoms with van der Waals surface area (Å²) in [7, 11) is 0. The third kappa shape index (κ3) is 5.27. The third-order valence-corrected chi connectivity index (χ3v) is 6.57. The van der Waals surface area contributed by atoms with Gasteiger partial charge in [-0.25, -0.2) is 0 Å². The number of benzene rings is 2. The maximum atomic E-state index is 13.8. The van der Waals surface area contributed by atoms with Crippen LogP contribution in [-0.4, -0.2) is 50.9 Å². The fourth-order valence-corrected chi connectivity index (χ4v) is 4.43. The predicted molar refractivity (Wildman–Crippen MR) is 122 cm³/mol. The number of nitrogens with zero attached hydrogens (tertiary/aromatic N) is 2. The molecule has 176 valence electrons. The number of thioether (sulfide) groups is 1. The summed E-state index contributed by atoms with van der Waals surface area (Å²) in [4.78, 5) is 29.7. The van der Waals surface area contributed by atoms with E-state index in [0.29, 0.717) is 37.7 Å². The van der Waals surface area contributed by atoms with Gasteiger partial charge in [-0.05, 0) is 48.7 Å². The average Bonchev–Trinajstić information content (AvgIpc) is 3.21. The van der Waals surface area contributed by atoms with Gasteiger partial charge in [0.05, 0.1) is 30.4 Å². The van der Waals surface area contributed by atoms with Crippen LogP contribution >= 0.6 is 11.8 Å². The molecule has 0 aliphatic carbocycles. The van der Waals surface area contributed by atoms with Crippen molar-refractivity contribution in [3.8, 4) is 0 Å². The van der Waals surface area contributed by atoms with Gasteiger partial charge in [0.15, 0.2) is 0 Å². The normalized spacial score (nSPS) is 19.2. The summed E-state index contributed by atoms with van der Waals surface area (Å²) in [6.07, 6.45) is -2.75. The molecule has 2 heterocycles. The van der Waals surface area contributed by atoms with Crippen LogP contribution in [0.15, 0.2) is 47.4 Å². The van der Waals surface area contributed by atoms with Crippen molar-refractivity contribution in [2.45, 2.75) is 17.5 Å². The van der Waals surface area contributed by atoms with Crippen LogP contribution in [0.4, 0.5) is 30.2 Å². The molecule has 4 rings (SSSR count). The monoisotopic (exact) mass is 479 g/mol. The lowest BCUT2D eigenvalue weighted by Crippen LogP contribution is -2.36. The van der Waals surface area contributed by atoms with Gasteiger partial charge in [-0.3, -0.25) is 9.59 Å². The second kappa shape index (κ2) is 9.64. The number of hydrogen-bond donors (Lipinski definition) is 1. The smallest absolute Gasteiger partial charge is 0.378 e. The molecule has 2 aliphatic heterocycles. The van der Waals surface area contributed by atoms with Crippen molar-refractivity contribution < 1.29 is 27.5 Å². The maximum Gasteiger partial charge on any atom is 0.418 e. The van der Waals surface area contributed by atoms with E-state index >= 15 is 0 Å². The first-order valence-corrected chi connectivity index (χ1v) is 11.8. The van der Waals surface area contributed by atoms with Gasteiger partial charge in [0, 0.05) is 42.3 Å². The molecule has 6 nitrogen and oxygen atoms in total. The van der Waals surface area contributed by atoms with Gasteiger partial charge in [0.25, 0.3) is 0 Å². The fourth-order valence-electron chi connectivity index (χ4n) is 4.02. The standard InChI is InChI=1S/C23H24F3N3O3S/c1-33-18-5-2-16(3-6-18)29-14-15(12-21(29)30)22(31)27-20-7-4-17(13-19(20)23(24,25)26)28-8-10-32-11-9-28/h2-7,13,15H,8-12,14H2,1H3,(H,27,31). The van der Waals surface area contributed by atoms with Crippen LogP contribution in [0, 0.1) is 5.92 Å². The zero-order valence-electron chi connectivity index (χ0n) is 18.0. The molecule has 2 amide bonds. The van der Waals surface area contributed by atoms with Crippen LogP contribution in [0.3, 0.4) is 0 Å². The molecule has 0 radical (unpaired) electrons. The summed E-state index contributed by atoms with van der Waals surface area (Å²) in [5.41, 5.74) is -0.119. The van der Waals surface area contributed by atoms with E-state index in [0.717, 1.165) is 11.0 Å². The largest absolute Gasteiger partial charge is 0.418 e. The minimum Gasteiger partial charge on any atom is -0.378 e. The van der Waals surface area contributed by atoms with Crippen molar-refractivity contribution in [3.05, 3.63) is 48.0 Å².